The average Bonchev–Trinajstić information content (AvgIpc) is 2.43. The van der Waals surface area contributed by atoms with Gasteiger partial charge in [0.25, 0.3) is 0 Å². The first-order valence-corrected chi connectivity index (χ1v) is 7.74. The van der Waals surface area contributed by atoms with Gasteiger partial charge in [-0.2, -0.15) is 0 Å². The number of aryl methyl sites for hydroxylation is 1. The molecule has 1 aromatic carbocycles. The number of benzene rings is 1. The number of nitrogens with one attached hydrogen (secondary N) is 1. The van der Waals surface area contributed by atoms with Crippen LogP contribution in [-0.4, -0.2) is 6.04 Å². The highest BCUT2D eigenvalue weighted by atomic mass is 15.2. The van der Waals surface area contributed by atoms with Crippen LogP contribution in [0, 0.1) is 5.92 Å². The number of rotatable bonds is 6. The van der Waals surface area contributed by atoms with Crippen molar-refractivity contribution in [2.45, 2.75) is 64.3 Å². The van der Waals surface area contributed by atoms with Crippen LogP contribution in [0.1, 0.15) is 63.0 Å². The molecule has 2 atom stereocenters. The molecule has 0 aliphatic heterocycles. The minimum atomic E-state index is 0.457. The molecule has 2 nitrogen and oxygen atoms in total. The molecular weight excluding hydrogens is 232 g/mol. The van der Waals surface area contributed by atoms with Gasteiger partial charge in [0.1, 0.15) is 0 Å². The van der Waals surface area contributed by atoms with E-state index in [4.69, 9.17) is 5.84 Å². The van der Waals surface area contributed by atoms with Crippen molar-refractivity contribution in [2.24, 2.45) is 11.8 Å². The molecule has 2 heteroatoms. The van der Waals surface area contributed by atoms with Gasteiger partial charge >= 0.3 is 0 Å². The highest BCUT2D eigenvalue weighted by molar-refractivity contribution is 5.32. The zero-order chi connectivity index (χ0) is 13.7. The quantitative estimate of drug-likeness (QED) is 0.603. The normalized spacial score (nSPS) is 20.3. The molecule has 0 amide bonds. The van der Waals surface area contributed by atoms with Crippen molar-refractivity contribution >= 4 is 0 Å². The number of fused-ring (bicyclic) bond motifs is 1. The molecule has 0 aromatic heterocycles. The molecular formula is C17H28N2. The molecule has 0 saturated carbocycles. The Morgan fingerprint density at radius 2 is 2.05 bits per heavy atom. The van der Waals surface area contributed by atoms with Gasteiger partial charge in [0.2, 0.25) is 0 Å². The molecule has 2 unspecified atom stereocenters. The molecule has 1 aliphatic rings. The third kappa shape index (κ3) is 4.05. The lowest BCUT2D eigenvalue weighted by molar-refractivity contribution is 0.373. The summed E-state index contributed by atoms with van der Waals surface area (Å²) in [5, 5.41) is 0. The maximum Gasteiger partial charge on any atom is 0.0216 e. The van der Waals surface area contributed by atoms with E-state index in [0.29, 0.717) is 12.0 Å². The zero-order valence-corrected chi connectivity index (χ0v) is 12.4. The zero-order valence-electron chi connectivity index (χ0n) is 12.4. The summed E-state index contributed by atoms with van der Waals surface area (Å²) < 4.78 is 0. The van der Waals surface area contributed by atoms with Gasteiger partial charge in [-0.25, -0.2) is 0 Å². The fourth-order valence-electron chi connectivity index (χ4n) is 3.25. The molecule has 0 saturated heterocycles. The lowest BCUT2D eigenvalue weighted by Crippen LogP contribution is -2.37. The topological polar surface area (TPSA) is 38.0 Å². The summed E-state index contributed by atoms with van der Waals surface area (Å²) in [5.41, 5.74) is 6.16. The van der Waals surface area contributed by atoms with Crippen LogP contribution in [0.5, 0.6) is 0 Å². The van der Waals surface area contributed by atoms with E-state index in [9.17, 15) is 0 Å². The standard InChI is InChI=1S/C17H28N2/c1-13(2)10-11-16(19-18)12-15-8-5-7-14-6-3-4-9-17(14)15/h3-4,6,9,13,15-16,19H,5,7-8,10-12,18H2,1-2H3. The number of hydrogen-bond donors (Lipinski definition) is 2. The largest absolute Gasteiger partial charge is 0.271 e. The predicted molar refractivity (Wildman–Crippen MR) is 81.9 cm³/mol. The van der Waals surface area contributed by atoms with E-state index in [1.54, 1.807) is 11.1 Å². The highest BCUT2D eigenvalue weighted by Crippen LogP contribution is 2.35. The van der Waals surface area contributed by atoms with E-state index in [1.165, 1.54) is 38.5 Å². The van der Waals surface area contributed by atoms with Crippen molar-refractivity contribution < 1.29 is 0 Å². The highest BCUT2D eigenvalue weighted by Gasteiger charge is 2.22. The third-order valence-electron chi connectivity index (χ3n) is 4.39. The molecule has 0 spiro atoms. The van der Waals surface area contributed by atoms with E-state index in [0.717, 1.165) is 5.92 Å². The minimum Gasteiger partial charge on any atom is -0.271 e. The van der Waals surface area contributed by atoms with Gasteiger partial charge in [-0.3, -0.25) is 11.3 Å². The predicted octanol–water partition coefficient (Wildman–Crippen LogP) is 3.76. The Balaban J connectivity index is 1.98. The first kappa shape index (κ1) is 14.5. The van der Waals surface area contributed by atoms with Gasteiger partial charge in [0, 0.05) is 6.04 Å². The number of hydrazine groups is 1. The lowest BCUT2D eigenvalue weighted by atomic mass is 9.79. The van der Waals surface area contributed by atoms with Crippen LogP contribution in [0.4, 0.5) is 0 Å². The van der Waals surface area contributed by atoms with Crippen LogP contribution in [0.15, 0.2) is 24.3 Å². The first-order chi connectivity index (χ1) is 9.20. The average molecular weight is 260 g/mol. The minimum absolute atomic E-state index is 0.457. The summed E-state index contributed by atoms with van der Waals surface area (Å²) in [5.74, 6) is 7.20. The van der Waals surface area contributed by atoms with E-state index >= 15 is 0 Å². The monoisotopic (exact) mass is 260 g/mol. The van der Waals surface area contributed by atoms with E-state index in [-0.39, 0.29) is 0 Å². The van der Waals surface area contributed by atoms with Gasteiger partial charge in [0.05, 0.1) is 0 Å². The van der Waals surface area contributed by atoms with E-state index < -0.39 is 0 Å². The molecule has 0 bridgehead atoms. The van der Waals surface area contributed by atoms with Crippen molar-refractivity contribution in [3.8, 4) is 0 Å². The van der Waals surface area contributed by atoms with Crippen LogP contribution < -0.4 is 11.3 Å². The first-order valence-electron chi connectivity index (χ1n) is 7.74. The molecule has 106 valence electrons. The smallest absolute Gasteiger partial charge is 0.0216 e. The Hall–Kier alpha value is -0.860. The van der Waals surface area contributed by atoms with Crippen molar-refractivity contribution in [1.29, 1.82) is 0 Å². The molecule has 19 heavy (non-hydrogen) atoms. The van der Waals surface area contributed by atoms with E-state index in [1.807, 2.05) is 0 Å². The van der Waals surface area contributed by atoms with Crippen molar-refractivity contribution in [3.05, 3.63) is 35.4 Å². The third-order valence-corrected chi connectivity index (χ3v) is 4.39. The Morgan fingerprint density at radius 1 is 1.26 bits per heavy atom. The molecule has 0 fully saturated rings. The second-order valence-electron chi connectivity index (χ2n) is 6.36. The van der Waals surface area contributed by atoms with Crippen LogP contribution in [0.3, 0.4) is 0 Å². The van der Waals surface area contributed by atoms with E-state index in [2.05, 4.69) is 43.5 Å². The molecule has 0 heterocycles. The fraction of sp³-hybridized carbons (Fsp3) is 0.647. The van der Waals surface area contributed by atoms with Gasteiger partial charge in [-0.1, -0.05) is 38.1 Å². The summed E-state index contributed by atoms with van der Waals surface area (Å²) in [6.07, 6.45) is 7.51. The molecule has 0 radical (unpaired) electrons. The van der Waals surface area contributed by atoms with Crippen LogP contribution in [0.25, 0.3) is 0 Å². The molecule has 1 aliphatic carbocycles. The van der Waals surface area contributed by atoms with Gasteiger partial charge in [0.15, 0.2) is 0 Å². The number of hydrogen-bond acceptors (Lipinski definition) is 2. The second kappa shape index (κ2) is 7.06. The van der Waals surface area contributed by atoms with Gasteiger partial charge in [-0.05, 0) is 61.5 Å². The van der Waals surface area contributed by atoms with Gasteiger partial charge in [-0.15, -0.1) is 0 Å². The van der Waals surface area contributed by atoms with Crippen molar-refractivity contribution in [3.63, 3.8) is 0 Å². The summed E-state index contributed by atoms with van der Waals surface area (Å²) in [7, 11) is 0. The summed E-state index contributed by atoms with van der Waals surface area (Å²) in [4.78, 5) is 0. The SMILES string of the molecule is CC(C)CCC(CC1CCCc2ccccc21)NN. The van der Waals surface area contributed by atoms with Crippen LogP contribution >= 0.6 is 0 Å². The maximum absolute atomic E-state index is 5.75. The number of nitrogens with two attached hydrogens (primary N) is 1. The Kier molecular flexibility index (Phi) is 5.41. The maximum atomic E-state index is 5.75. The fourth-order valence-corrected chi connectivity index (χ4v) is 3.25. The molecule has 3 N–H and O–H groups in total. The second-order valence-corrected chi connectivity index (χ2v) is 6.36. The molecule has 2 rings (SSSR count). The summed E-state index contributed by atoms with van der Waals surface area (Å²) in [6.45, 7) is 4.56. The van der Waals surface area contributed by atoms with Crippen molar-refractivity contribution in [2.75, 3.05) is 0 Å². The van der Waals surface area contributed by atoms with Crippen molar-refractivity contribution in [1.82, 2.24) is 5.43 Å². The Bertz CT molecular complexity index is 387. The Labute approximate surface area is 117 Å². The Morgan fingerprint density at radius 3 is 2.79 bits per heavy atom. The summed E-state index contributed by atoms with van der Waals surface area (Å²) >= 11 is 0. The van der Waals surface area contributed by atoms with Gasteiger partial charge < -0.3 is 0 Å². The summed E-state index contributed by atoms with van der Waals surface area (Å²) in [6, 6.07) is 9.41. The van der Waals surface area contributed by atoms with Crippen LogP contribution in [0.2, 0.25) is 0 Å². The molecule has 1 aromatic rings. The van der Waals surface area contributed by atoms with Crippen LogP contribution in [-0.2, 0) is 6.42 Å². The lowest BCUT2D eigenvalue weighted by Gasteiger charge is -2.29.